The molecule has 5 rings (SSSR count). The summed E-state index contributed by atoms with van der Waals surface area (Å²) in [5.41, 5.74) is 0.483. The van der Waals surface area contributed by atoms with Crippen LogP contribution in [0.3, 0.4) is 0 Å². The number of allylic oxidation sites excluding steroid dienone is 2. The van der Waals surface area contributed by atoms with Gasteiger partial charge in [-0.25, -0.2) is 0 Å². The van der Waals surface area contributed by atoms with E-state index in [1.54, 1.807) is 0 Å². The quantitative estimate of drug-likeness (QED) is 0.469. The average molecular weight is 514 g/mol. The van der Waals surface area contributed by atoms with Crippen molar-refractivity contribution in [3.63, 3.8) is 0 Å². The topological polar surface area (TPSA) is 86.6 Å². The van der Waals surface area contributed by atoms with Gasteiger partial charge in [-0.15, -0.1) is 0 Å². The van der Waals surface area contributed by atoms with Crippen LogP contribution in [0.5, 0.6) is 0 Å². The molecular weight excluding hydrogens is 462 g/mol. The molecule has 4 fully saturated rings. The summed E-state index contributed by atoms with van der Waals surface area (Å²) in [6, 6.07) is 0. The number of aliphatic hydroxyl groups excluding tert-OH is 2. The minimum atomic E-state index is -0.480. The molecule has 5 aliphatic carbocycles. The molecule has 4 saturated carbocycles. The summed E-state index contributed by atoms with van der Waals surface area (Å²) in [4.78, 5) is 27.6. The first kappa shape index (κ1) is 27.4. The normalized spacial score (nSPS) is 50.6. The summed E-state index contributed by atoms with van der Waals surface area (Å²) in [7, 11) is 0. The zero-order chi connectivity index (χ0) is 27.2. The first-order valence-corrected chi connectivity index (χ1v) is 14.9. The Morgan fingerprint density at radius 1 is 0.973 bits per heavy atom. The van der Waals surface area contributed by atoms with Gasteiger partial charge in [0.2, 0.25) is 5.91 Å². The van der Waals surface area contributed by atoms with Crippen molar-refractivity contribution in [3.05, 3.63) is 11.6 Å². The molecule has 0 saturated heterocycles. The Balaban J connectivity index is 1.56. The van der Waals surface area contributed by atoms with E-state index < -0.39 is 5.41 Å². The number of aliphatic hydroxyl groups is 2. The number of hydrogen-bond acceptors (Lipinski definition) is 4. The molecule has 0 spiro atoms. The number of fused-ring (bicyclic) bond motifs is 7. The molecular formula is C32H51NO4. The Bertz CT molecular complexity index is 1020. The molecule has 37 heavy (non-hydrogen) atoms. The van der Waals surface area contributed by atoms with Gasteiger partial charge in [0.1, 0.15) is 0 Å². The molecule has 5 nitrogen and oxygen atoms in total. The second kappa shape index (κ2) is 8.40. The zero-order valence-electron chi connectivity index (χ0n) is 24.4. The Morgan fingerprint density at radius 3 is 2.32 bits per heavy atom. The van der Waals surface area contributed by atoms with Gasteiger partial charge in [-0.1, -0.05) is 54.0 Å². The smallest absolute Gasteiger partial charge is 0.226 e. The minimum absolute atomic E-state index is 0.0218. The van der Waals surface area contributed by atoms with Crippen molar-refractivity contribution < 1.29 is 19.8 Å². The van der Waals surface area contributed by atoms with Crippen LogP contribution in [-0.4, -0.2) is 41.2 Å². The van der Waals surface area contributed by atoms with Gasteiger partial charge < -0.3 is 15.5 Å². The lowest BCUT2D eigenvalue weighted by atomic mass is 9.33. The van der Waals surface area contributed by atoms with E-state index in [1.807, 2.05) is 0 Å². The molecule has 9 atom stereocenters. The standard InChI is InChI=1S/C32H51NO4/c1-27(2)23-8-11-32(7)25(30(23,5)10-9-24(27)36)22(35)18-20-21-19-29(4,26(37)33-16-17-34)13-12-28(21,3)14-15-31(20,32)6/h18,21,23-25,34,36H,8-17,19H2,1-7H3,(H,33,37)/t21-,23?,24-,25+,28+,29-,30-,31+,32+/m0/s1. The minimum Gasteiger partial charge on any atom is -0.395 e. The van der Waals surface area contributed by atoms with E-state index >= 15 is 0 Å². The molecule has 0 aromatic heterocycles. The SMILES string of the molecule is CC1(C)C2CC[C@]3(C)[C@H](C(=O)C=C4[C@@H]5C[C@@](C)(C(=O)NCCO)CC[C@]5(C)CC[C@]43C)[C@@]2(C)CC[C@@H]1O. The fourth-order valence-corrected chi connectivity index (χ4v) is 10.8. The highest BCUT2D eigenvalue weighted by molar-refractivity contribution is 5.95. The zero-order valence-corrected chi connectivity index (χ0v) is 24.4. The summed E-state index contributed by atoms with van der Waals surface area (Å²) in [5.74, 6) is 0.883. The van der Waals surface area contributed by atoms with E-state index in [0.717, 1.165) is 57.8 Å². The number of nitrogens with one attached hydrogen (secondary N) is 1. The molecule has 0 heterocycles. The summed E-state index contributed by atoms with van der Waals surface area (Å²) in [6.45, 7) is 16.4. The number of ketones is 1. The van der Waals surface area contributed by atoms with E-state index in [0.29, 0.717) is 18.2 Å². The van der Waals surface area contributed by atoms with E-state index in [9.17, 15) is 19.8 Å². The highest BCUT2D eigenvalue weighted by atomic mass is 16.3. The van der Waals surface area contributed by atoms with E-state index in [4.69, 9.17) is 0 Å². The molecule has 0 aromatic carbocycles. The maximum Gasteiger partial charge on any atom is 0.226 e. The summed E-state index contributed by atoms with van der Waals surface area (Å²) < 4.78 is 0. The Kier molecular flexibility index (Phi) is 6.21. The van der Waals surface area contributed by atoms with Gasteiger partial charge in [0.25, 0.3) is 0 Å². The average Bonchev–Trinajstić information content (AvgIpc) is 2.82. The van der Waals surface area contributed by atoms with Crippen LogP contribution in [0, 0.1) is 50.2 Å². The van der Waals surface area contributed by atoms with Gasteiger partial charge in [0.05, 0.1) is 12.7 Å². The summed E-state index contributed by atoms with van der Waals surface area (Å²) in [5, 5.41) is 23.1. The first-order chi connectivity index (χ1) is 17.1. The van der Waals surface area contributed by atoms with Gasteiger partial charge >= 0.3 is 0 Å². The summed E-state index contributed by atoms with van der Waals surface area (Å²) >= 11 is 0. The number of rotatable bonds is 3. The number of carbonyl (C=O) groups is 2. The molecule has 208 valence electrons. The van der Waals surface area contributed by atoms with Crippen molar-refractivity contribution >= 4 is 11.7 Å². The molecule has 3 N–H and O–H groups in total. The third kappa shape index (κ3) is 3.54. The first-order valence-electron chi connectivity index (χ1n) is 14.9. The van der Waals surface area contributed by atoms with Crippen molar-refractivity contribution in [1.29, 1.82) is 0 Å². The molecule has 1 unspecified atom stereocenters. The lowest BCUT2D eigenvalue weighted by molar-refractivity contribution is -0.202. The molecule has 0 aliphatic heterocycles. The molecule has 5 aliphatic rings. The van der Waals surface area contributed by atoms with Crippen LogP contribution < -0.4 is 5.32 Å². The molecule has 0 bridgehead atoms. The van der Waals surface area contributed by atoms with E-state index in [1.165, 1.54) is 5.57 Å². The van der Waals surface area contributed by atoms with Crippen molar-refractivity contribution in [3.8, 4) is 0 Å². The van der Waals surface area contributed by atoms with E-state index in [2.05, 4.69) is 59.9 Å². The lowest BCUT2D eigenvalue weighted by Crippen LogP contribution is -2.66. The summed E-state index contributed by atoms with van der Waals surface area (Å²) in [6.07, 6.45) is 10.4. The molecule has 5 heteroatoms. The van der Waals surface area contributed by atoms with Crippen molar-refractivity contribution in [2.45, 2.75) is 112 Å². The highest BCUT2D eigenvalue weighted by Gasteiger charge is 2.70. The highest BCUT2D eigenvalue weighted by Crippen LogP contribution is 2.75. The van der Waals surface area contributed by atoms with Gasteiger partial charge in [-0.3, -0.25) is 9.59 Å². The van der Waals surface area contributed by atoms with Crippen molar-refractivity contribution in [2.24, 2.45) is 50.2 Å². The number of hydrogen-bond donors (Lipinski definition) is 3. The van der Waals surface area contributed by atoms with Crippen molar-refractivity contribution in [2.75, 3.05) is 13.2 Å². The second-order valence-corrected chi connectivity index (χ2v) is 15.6. The predicted molar refractivity (Wildman–Crippen MR) is 146 cm³/mol. The van der Waals surface area contributed by atoms with Crippen LogP contribution >= 0.6 is 0 Å². The van der Waals surface area contributed by atoms with Crippen LogP contribution in [-0.2, 0) is 9.59 Å². The third-order valence-corrected chi connectivity index (χ3v) is 13.5. The van der Waals surface area contributed by atoms with Crippen LogP contribution in [0.1, 0.15) is 106 Å². The fraction of sp³-hybridized carbons (Fsp3) is 0.875. The van der Waals surface area contributed by atoms with Crippen LogP contribution in [0.4, 0.5) is 0 Å². The van der Waals surface area contributed by atoms with Crippen LogP contribution in [0.25, 0.3) is 0 Å². The monoisotopic (exact) mass is 513 g/mol. The second-order valence-electron chi connectivity index (χ2n) is 15.6. The van der Waals surface area contributed by atoms with Gasteiger partial charge in [0.15, 0.2) is 5.78 Å². The molecule has 0 radical (unpaired) electrons. The third-order valence-electron chi connectivity index (χ3n) is 13.5. The predicted octanol–water partition coefficient (Wildman–Crippen LogP) is 5.44. The Hall–Kier alpha value is -1.20. The van der Waals surface area contributed by atoms with Crippen molar-refractivity contribution in [1.82, 2.24) is 5.32 Å². The van der Waals surface area contributed by atoms with Gasteiger partial charge in [0, 0.05) is 17.9 Å². The number of carbonyl (C=O) groups excluding carboxylic acids is 2. The maximum atomic E-state index is 14.4. The maximum absolute atomic E-state index is 14.4. The van der Waals surface area contributed by atoms with Gasteiger partial charge in [-0.2, -0.15) is 0 Å². The van der Waals surface area contributed by atoms with Gasteiger partial charge in [-0.05, 0) is 103 Å². The molecule has 0 aromatic rings. The molecule has 1 amide bonds. The van der Waals surface area contributed by atoms with E-state index in [-0.39, 0.29) is 57.5 Å². The fourth-order valence-electron chi connectivity index (χ4n) is 10.8. The lowest BCUT2D eigenvalue weighted by Gasteiger charge is -2.70. The van der Waals surface area contributed by atoms with Crippen LogP contribution in [0.15, 0.2) is 11.6 Å². The Labute approximate surface area is 224 Å². The van der Waals surface area contributed by atoms with Crippen LogP contribution in [0.2, 0.25) is 0 Å². The largest absolute Gasteiger partial charge is 0.395 e. The Morgan fingerprint density at radius 2 is 1.65 bits per heavy atom. The number of amides is 1.